The molecule has 0 saturated heterocycles. The number of hydrogen-bond donors (Lipinski definition) is 1. The van der Waals surface area contributed by atoms with Crippen molar-refractivity contribution in [3.8, 4) is 0 Å². The van der Waals surface area contributed by atoms with Gasteiger partial charge < -0.3 is 5.32 Å². The fourth-order valence-corrected chi connectivity index (χ4v) is 2.86. The maximum Gasteiger partial charge on any atom is 0.255 e. The number of sulfonamides is 1. The molecule has 2 aromatic rings. The van der Waals surface area contributed by atoms with Crippen molar-refractivity contribution in [1.29, 1.82) is 0 Å². The number of halogens is 2. The fraction of sp³-hybridized carbons (Fsp3) is 0.133. The Bertz CT molecular complexity index is 836. The Hall–Kier alpha value is -1.96. The number of nitrogens with one attached hydrogen (secondary N) is 1. The third kappa shape index (κ3) is 3.69. The fourth-order valence-electron chi connectivity index (χ4n) is 1.78. The Kier molecular flexibility index (Phi) is 5.03. The summed E-state index contributed by atoms with van der Waals surface area (Å²) in [5, 5.41) is 2.29. The van der Waals surface area contributed by atoms with Gasteiger partial charge in [0.2, 0.25) is 10.0 Å². The Morgan fingerprint density at radius 3 is 2.30 bits per heavy atom. The molecular weight excluding hydrogens is 343 g/mol. The number of hydrogen-bond acceptors (Lipinski definition) is 3. The molecule has 0 radical (unpaired) electrons. The summed E-state index contributed by atoms with van der Waals surface area (Å²) in [5.41, 5.74) is 0.148. The molecule has 0 aliphatic carbocycles. The first-order valence-corrected chi connectivity index (χ1v) is 8.33. The third-order valence-electron chi connectivity index (χ3n) is 3.09. The highest BCUT2D eigenvalue weighted by Gasteiger charge is 2.18. The van der Waals surface area contributed by atoms with Crippen molar-refractivity contribution < 1.29 is 17.6 Å². The Balaban J connectivity index is 2.23. The van der Waals surface area contributed by atoms with Crippen LogP contribution in [0, 0.1) is 5.82 Å². The second kappa shape index (κ2) is 6.66. The second-order valence-corrected chi connectivity index (χ2v) is 7.43. The van der Waals surface area contributed by atoms with E-state index >= 15 is 0 Å². The van der Waals surface area contributed by atoms with Gasteiger partial charge in [-0.2, -0.15) is 0 Å². The van der Waals surface area contributed by atoms with Crippen molar-refractivity contribution in [2.45, 2.75) is 4.90 Å². The summed E-state index contributed by atoms with van der Waals surface area (Å²) in [6.45, 7) is 0. The molecule has 2 rings (SSSR count). The number of carbonyl (C=O) groups excluding carboxylic acids is 1. The van der Waals surface area contributed by atoms with E-state index < -0.39 is 21.7 Å². The molecule has 0 atom stereocenters. The smallest absolute Gasteiger partial charge is 0.255 e. The monoisotopic (exact) mass is 356 g/mol. The van der Waals surface area contributed by atoms with Crippen LogP contribution < -0.4 is 5.32 Å². The predicted octanol–water partition coefficient (Wildman–Crippen LogP) is 2.98. The highest BCUT2D eigenvalue weighted by Crippen LogP contribution is 2.23. The molecule has 0 aromatic heterocycles. The van der Waals surface area contributed by atoms with E-state index in [-0.39, 0.29) is 21.2 Å². The Morgan fingerprint density at radius 1 is 1.13 bits per heavy atom. The lowest BCUT2D eigenvalue weighted by Crippen LogP contribution is -2.22. The van der Waals surface area contributed by atoms with Crippen LogP contribution >= 0.6 is 11.6 Å². The number of nitrogens with zero attached hydrogens (tertiary/aromatic N) is 1. The van der Waals surface area contributed by atoms with Crippen molar-refractivity contribution in [2.24, 2.45) is 0 Å². The minimum atomic E-state index is -3.57. The van der Waals surface area contributed by atoms with Crippen LogP contribution in [0.15, 0.2) is 47.4 Å². The van der Waals surface area contributed by atoms with Crippen LogP contribution in [0.2, 0.25) is 5.02 Å². The van der Waals surface area contributed by atoms with Gasteiger partial charge in [0.05, 0.1) is 15.6 Å². The van der Waals surface area contributed by atoms with E-state index in [1.807, 2.05) is 0 Å². The molecule has 0 aliphatic rings. The molecule has 0 aliphatic heterocycles. The molecule has 0 spiro atoms. The molecule has 1 N–H and O–H groups in total. The quantitative estimate of drug-likeness (QED) is 0.915. The van der Waals surface area contributed by atoms with Crippen molar-refractivity contribution in [3.05, 3.63) is 58.9 Å². The summed E-state index contributed by atoms with van der Waals surface area (Å²) >= 11 is 5.65. The normalized spacial score (nSPS) is 11.5. The van der Waals surface area contributed by atoms with E-state index in [1.54, 1.807) is 0 Å². The number of anilines is 1. The maximum absolute atomic E-state index is 13.8. The van der Waals surface area contributed by atoms with E-state index in [0.29, 0.717) is 0 Å². The lowest BCUT2D eigenvalue weighted by atomic mass is 10.2. The van der Waals surface area contributed by atoms with Crippen LogP contribution in [0.4, 0.5) is 10.1 Å². The zero-order valence-electron chi connectivity index (χ0n) is 12.4. The van der Waals surface area contributed by atoms with Gasteiger partial charge in [-0.1, -0.05) is 17.7 Å². The first kappa shape index (κ1) is 17.4. The van der Waals surface area contributed by atoms with Crippen LogP contribution in [-0.4, -0.2) is 32.7 Å². The standard InChI is InChI=1S/C15H14ClFN2O3S/c1-19(2)23(21,22)11-8-6-10(7-9-11)15(20)18-13-5-3-4-12(16)14(13)17/h3-9H,1-2H3,(H,18,20). The number of benzene rings is 2. The molecule has 0 fully saturated rings. The van der Waals surface area contributed by atoms with Crippen LogP contribution in [0.5, 0.6) is 0 Å². The summed E-state index contributed by atoms with van der Waals surface area (Å²) < 4.78 is 38.7. The first-order valence-electron chi connectivity index (χ1n) is 6.51. The summed E-state index contributed by atoms with van der Waals surface area (Å²) in [4.78, 5) is 12.2. The molecule has 2 aromatic carbocycles. The molecule has 0 saturated carbocycles. The van der Waals surface area contributed by atoms with Crippen molar-refractivity contribution in [3.63, 3.8) is 0 Å². The van der Waals surface area contributed by atoms with Gasteiger partial charge in [-0.05, 0) is 36.4 Å². The molecule has 1 amide bonds. The van der Waals surface area contributed by atoms with E-state index in [1.165, 1.54) is 56.6 Å². The second-order valence-electron chi connectivity index (χ2n) is 4.87. The van der Waals surface area contributed by atoms with Gasteiger partial charge >= 0.3 is 0 Å². The SMILES string of the molecule is CN(C)S(=O)(=O)c1ccc(C(=O)Nc2cccc(Cl)c2F)cc1. The van der Waals surface area contributed by atoms with Gasteiger partial charge in [0, 0.05) is 19.7 Å². The number of carbonyl (C=O) groups is 1. The molecule has 122 valence electrons. The summed E-state index contributed by atoms with van der Waals surface area (Å²) in [6, 6.07) is 9.60. The maximum atomic E-state index is 13.8. The van der Waals surface area contributed by atoms with Gasteiger partial charge in [0.1, 0.15) is 0 Å². The van der Waals surface area contributed by atoms with Gasteiger partial charge in [-0.3, -0.25) is 4.79 Å². The largest absolute Gasteiger partial charge is 0.319 e. The number of rotatable bonds is 4. The van der Waals surface area contributed by atoms with Crippen molar-refractivity contribution >= 4 is 33.2 Å². The predicted molar refractivity (Wildman–Crippen MR) is 86.7 cm³/mol. The molecular formula is C15H14ClFN2O3S. The zero-order valence-corrected chi connectivity index (χ0v) is 14.0. The van der Waals surface area contributed by atoms with Crippen molar-refractivity contribution in [1.82, 2.24) is 4.31 Å². The van der Waals surface area contributed by atoms with Gasteiger partial charge in [-0.25, -0.2) is 17.1 Å². The minimum absolute atomic E-state index is 0.0486. The lowest BCUT2D eigenvalue weighted by Gasteiger charge is -2.12. The summed E-state index contributed by atoms with van der Waals surface area (Å²) in [7, 11) is -0.737. The average Bonchev–Trinajstić information content (AvgIpc) is 2.51. The molecule has 23 heavy (non-hydrogen) atoms. The van der Waals surface area contributed by atoms with Crippen LogP contribution in [0.1, 0.15) is 10.4 Å². The number of amides is 1. The molecule has 0 unspecified atom stereocenters. The van der Waals surface area contributed by atoms with Gasteiger partial charge in [0.15, 0.2) is 5.82 Å². The highest BCUT2D eigenvalue weighted by atomic mass is 35.5. The van der Waals surface area contributed by atoms with E-state index in [4.69, 9.17) is 11.6 Å². The minimum Gasteiger partial charge on any atom is -0.319 e. The van der Waals surface area contributed by atoms with E-state index in [0.717, 1.165) is 4.31 Å². The molecule has 0 heterocycles. The highest BCUT2D eigenvalue weighted by molar-refractivity contribution is 7.89. The molecule has 0 bridgehead atoms. The summed E-state index contributed by atoms with van der Waals surface area (Å²) in [5.74, 6) is -1.30. The topological polar surface area (TPSA) is 66.5 Å². The van der Waals surface area contributed by atoms with Crippen molar-refractivity contribution in [2.75, 3.05) is 19.4 Å². The first-order chi connectivity index (χ1) is 10.7. The Morgan fingerprint density at radius 2 is 1.74 bits per heavy atom. The molecule has 8 heteroatoms. The lowest BCUT2D eigenvalue weighted by molar-refractivity contribution is 0.102. The third-order valence-corrected chi connectivity index (χ3v) is 5.22. The molecule has 5 nitrogen and oxygen atoms in total. The Labute approximate surface area is 138 Å². The van der Waals surface area contributed by atoms with Crippen LogP contribution in [0.3, 0.4) is 0 Å². The van der Waals surface area contributed by atoms with E-state index in [9.17, 15) is 17.6 Å². The zero-order chi connectivity index (χ0) is 17.2. The average molecular weight is 357 g/mol. The van der Waals surface area contributed by atoms with Gasteiger partial charge in [-0.15, -0.1) is 0 Å². The van der Waals surface area contributed by atoms with E-state index in [2.05, 4.69) is 5.32 Å². The van der Waals surface area contributed by atoms with Crippen LogP contribution in [0.25, 0.3) is 0 Å². The van der Waals surface area contributed by atoms with Gasteiger partial charge in [0.25, 0.3) is 5.91 Å². The summed E-state index contributed by atoms with van der Waals surface area (Å²) in [6.07, 6.45) is 0. The van der Waals surface area contributed by atoms with Crippen LogP contribution in [-0.2, 0) is 10.0 Å².